The van der Waals surface area contributed by atoms with Crippen molar-refractivity contribution in [2.24, 2.45) is 0 Å². The second kappa shape index (κ2) is 5.74. The lowest BCUT2D eigenvalue weighted by Gasteiger charge is -2.22. The van der Waals surface area contributed by atoms with Crippen molar-refractivity contribution in [3.05, 3.63) is 22.2 Å². The van der Waals surface area contributed by atoms with E-state index in [0.717, 1.165) is 31.0 Å². The first-order chi connectivity index (χ1) is 8.15. The summed E-state index contributed by atoms with van der Waals surface area (Å²) in [6.07, 6.45) is 4.74. The van der Waals surface area contributed by atoms with E-state index in [1.54, 1.807) is 0 Å². The van der Waals surface area contributed by atoms with Crippen LogP contribution in [0, 0.1) is 4.64 Å². The Morgan fingerprint density at radius 1 is 1.53 bits per heavy atom. The molecule has 0 bridgehead atoms. The first-order valence-corrected chi connectivity index (χ1v) is 6.77. The first kappa shape index (κ1) is 12.7. The SMILES string of the molecule is CC(C)c1cc(=S)nc(CC2CCCCO2)[nH]1. The Balaban J connectivity index is 2.11. The number of rotatable bonds is 3. The van der Waals surface area contributed by atoms with Crippen LogP contribution < -0.4 is 0 Å². The maximum Gasteiger partial charge on any atom is 0.129 e. The van der Waals surface area contributed by atoms with Crippen LogP contribution in [0.15, 0.2) is 6.07 Å². The van der Waals surface area contributed by atoms with Crippen LogP contribution in [0.2, 0.25) is 0 Å². The summed E-state index contributed by atoms with van der Waals surface area (Å²) in [5, 5.41) is 0. The fourth-order valence-electron chi connectivity index (χ4n) is 2.12. The van der Waals surface area contributed by atoms with Crippen molar-refractivity contribution in [1.82, 2.24) is 9.97 Å². The second-order valence-electron chi connectivity index (χ2n) is 4.97. The summed E-state index contributed by atoms with van der Waals surface area (Å²) in [5.74, 6) is 1.42. The van der Waals surface area contributed by atoms with E-state index in [1.165, 1.54) is 12.8 Å². The zero-order valence-corrected chi connectivity index (χ0v) is 11.3. The summed E-state index contributed by atoms with van der Waals surface area (Å²) in [7, 11) is 0. The highest BCUT2D eigenvalue weighted by Gasteiger charge is 2.15. The summed E-state index contributed by atoms with van der Waals surface area (Å²) in [4.78, 5) is 7.76. The van der Waals surface area contributed by atoms with Crippen LogP contribution in [-0.4, -0.2) is 22.7 Å². The molecule has 94 valence electrons. The molecular weight excluding hydrogens is 232 g/mol. The highest BCUT2D eigenvalue weighted by molar-refractivity contribution is 7.71. The molecule has 1 fully saturated rings. The Hall–Kier alpha value is -0.740. The molecule has 1 aliphatic heterocycles. The number of H-pyrrole nitrogens is 1. The van der Waals surface area contributed by atoms with Crippen LogP contribution >= 0.6 is 12.2 Å². The van der Waals surface area contributed by atoms with Crippen molar-refractivity contribution in [1.29, 1.82) is 0 Å². The van der Waals surface area contributed by atoms with Gasteiger partial charge in [-0.1, -0.05) is 26.1 Å². The molecule has 0 aliphatic carbocycles. The average Bonchev–Trinajstić information content (AvgIpc) is 2.29. The van der Waals surface area contributed by atoms with Crippen LogP contribution in [0.3, 0.4) is 0 Å². The van der Waals surface area contributed by atoms with E-state index in [1.807, 2.05) is 6.07 Å². The molecule has 1 atom stereocenters. The Morgan fingerprint density at radius 2 is 2.35 bits per heavy atom. The van der Waals surface area contributed by atoms with Gasteiger partial charge < -0.3 is 9.72 Å². The number of nitrogens with zero attached hydrogens (tertiary/aromatic N) is 1. The van der Waals surface area contributed by atoms with Gasteiger partial charge in [0.2, 0.25) is 0 Å². The third-order valence-electron chi connectivity index (χ3n) is 3.13. The number of hydrogen-bond acceptors (Lipinski definition) is 3. The standard InChI is InChI=1S/C13H20N2OS/c1-9(2)11-8-13(17)15-12(14-11)7-10-5-3-4-6-16-10/h8-10H,3-7H2,1-2H3,(H,14,15,17). The van der Waals surface area contributed by atoms with Crippen molar-refractivity contribution >= 4 is 12.2 Å². The van der Waals surface area contributed by atoms with Crippen molar-refractivity contribution in [3.63, 3.8) is 0 Å². The van der Waals surface area contributed by atoms with E-state index >= 15 is 0 Å². The quantitative estimate of drug-likeness (QED) is 0.838. The minimum Gasteiger partial charge on any atom is -0.378 e. The van der Waals surface area contributed by atoms with E-state index < -0.39 is 0 Å². The van der Waals surface area contributed by atoms with Crippen molar-refractivity contribution in [2.75, 3.05) is 6.61 Å². The normalized spacial score (nSPS) is 20.8. The number of aromatic amines is 1. The zero-order chi connectivity index (χ0) is 12.3. The lowest BCUT2D eigenvalue weighted by atomic mass is 10.1. The highest BCUT2D eigenvalue weighted by atomic mass is 32.1. The smallest absolute Gasteiger partial charge is 0.129 e. The van der Waals surface area contributed by atoms with Gasteiger partial charge in [0, 0.05) is 18.7 Å². The molecule has 2 heterocycles. The monoisotopic (exact) mass is 252 g/mol. The van der Waals surface area contributed by atoms with Crippen LogP contribution in [-0.2, 0) is 11.2 Å². The summed E-state index contributed by atoms with van der Waals surface area (Å²) in [6, 6.07) is 1.95. The molecule has 1 aliphatic rings. The maximum atomic E-state index is 5.73. The Labute approximate surface area is 108 Å². The van der Waals surface area contributed by atoms with E-state index in [2.05, 4.69) is 23.8 Å². The molecular formula is C13H20N2OS. The summed E-state index contributed by atoms with van der Waals surface area (Å²) < 4.78 is 6.41. The molecule has 0 aromatic carbocycles. The van der Waals surface area contributed by atoms with Gasteiger partial charge in [0.05, 0.1) is 6.10 Å². The molecule has 0 amide bonds. The maximum absolute atomic E-state index is 5.73. The topological polar surface area (TPSA) is 37.9 Å². The van der Waals surface area contributed by atoms with Gasteiger partial charge in [0.1, 0.15) is 10.5 Å². The lowest BCUT2D eigenvalue weighted by Crippen LogP contribution is -2.22. The number of hydrogen-bond donors (Lipinski definition) is 1. The molecule has 0 saturated carbocycles. The molecule has 4 heteroatoms. The molecule has 0 radical (unpaired) electrons. The van der Waals surface area contributed by atoms with Crippen LogP contribution in [0.25, 0.3) is 0 Å². The van der Waals surface area contributed by atoms with Crippen LogP contribution in [0.1, 0.15) is 50.5 Å². The molecule has 17 heavy (non-hydrogen) atoms. The fraction of sp³-hybridized carbons (Fsp3) is 0.692. The van der Waals surface area contributed by atoms with Crippen LogP contribution in [0.4, 0.5) is 0 Å². The zero-order valence-electron chi connectivity index (χ0n) is 10.5. The van der Waals surface area contributed by atoms with Gasteiger partial charge in [-0.25, -0.2) is 4.98 Å². The van der Waals surface area contributed by atoms with Gasteiger partial charge in [-0.05, 0) is 31.2 Å². The van der Waals surface area contributed by atoms with Crippen molar-refractivity contribution in [2.45, 2.75) is 51.6 Å². The summed E-state index contributed by atoms with van der Waals surface area (Å²) in [6.45, 7) is 5.19. The predicted molar refractivity (Wildman–Crippen MR) is 70.8 cm³/mol. The molecule has 1 saturated heterocycles. The third-order valence-corrected chi connectivity index (χ3v) is 3.34. The molecule has 1 aromatic rings. The first-order valence-electron chi connectivity index (χ1n) is 6.37. The van der Waals surface area contributed by atoms with Crippen molar-refractivity contribution < 1.29 is 4.74 Å². The molecule has 3 nitrogen and oxygen atoms in total. The molecule has 1 aromatic heterocycles. The molecule has 2 rings (SSSR count). The Kier molecular flexibility index (Phi) is 4.29. The molecule has 1 N–H and O–H groups in total. The Bertz CT molecular complexity index is 422. The molecule has 1 unspecified atom stereocenters. The summed E-state index contributed by atoms with van der Waals surface area (Å²) in [5.41, 5.74) is 1.16. The largest absolute Gasteiger partial charge is 0.378 e. The fourth-order valence-corrected chi connectivity index (χ4v) is 2.36. The van der Waals surface area contributed by atoms with Crippen molar-refractivity contribution in [3.8, 4) is 0 Å². The number of aromatic nitrogens is 2. The minimum absolute atomic E-state index is 0.310. The van der Waals surface area contributed by atoms with Gasteiger partial charge >= 0.3 is 0 Å². The van der Waals surface area contributed by atoms with E-state index in [0.29, 0.717) is 16.7 Å². The predicted octanol–water partition coefficient (Wildman–Crippen LogP) is 3.37. The second-order valence-corrected chi connectivity index (χ2v) is 5.39. The minimum atomic E-state index is 0.310. The Morgan fingerprint density at radius 3 is 3.00 bits per heavy atom. The van der Waals surface area contributed by atoms with Gasteiger partial charge in [0.15, 0.2) is 0 Å². The third kappa shape index (κ3) is 3.61. The number of ether oxygens (including phenoxy) is 1. The van der Waals surface area contributed by atoms with E-state index in [4.69, 9.17) is 17.0 Å². The van der Waals surface area contributed by atoms with Gasteiger partial charge in [0.25, 0.3) is 0 Å². The average molecular weight is 252 g/mol. The van der Waals surface area contributed by atoms with Gasteiger partial charge in [-0.15, -0.1) is 0 Å². The van der Waals surface area contributed by atoms with E-state index in [-0.39, 0.29) is 0 Å². The molecule has 0 spiro atoms. The summed E-state index contributed by atoms with van der Waals surface area (Å²) >= 11 is 5.20. The number of nitrogens with one attached hydrogen (secondary N) is 1. The van der Waals surface area contributed by atoms with Crippen LogP contribution in [0.5, 0.6) is 0 Å². The highest BCUT2D eigenvalue weighted by Crippen LogP contribution is 2.17. The van der Waals surface area contributed by atoms with Gasteiger partial charge in [-0.3, -0.25) is 0 Å². The van der Waals surface area contributed by atoms with Gasteiger partial charge in [-0.2, -0.15) is 0 Å². The lowest BCUT2D eigenvalue weighted by molar-refractivity contribution is 0.0156. The van der Waals surface area contributed by atoms with E-state index in [9.17, 15) is 0 Å².